The first-order valence-electron chi connectivity index (χ1n) is 8.76. The van der Waals surface area contributed by atoms with Crippen molar-refractivity contribution < 1.29 is 9.53 Å². The van der Waals surface area contributed by atoms with Crippen LogP contribution >= 0.6 is 0 Å². The molecule has 0 radical (unpaired) electrons. The molecule has 2 aliphatic carbocycles. The van der Waals surface area contributed by atoms with Crippen LogP contribution in [-0.4, -0.2) is 10.9 Å². The van der Waals surface area contributed by atoms with Crippen LogP contribution in [0, 0.1) is 17.8 Å². The monoisotopic (exact) mass is 322 g/mol. The number of carbonyl (C=O) groups excluding carboxylic acids is 1. The van der Waals surface area contributed by atoms with Crippen LogP contribution in [0.3, 0.4) is 0 Å². The molecule has 4 heteroatoms. The number of aromatic nitrogens is 1. The molecule has 1 N–H and O–H groups in total. The number of nitrogens with zero attached hydrogens (tertiary/aromatic N) is 1. The van der Waals surface area contributed by atoms with Gasteiger partial charge in [0.2, 0.25) is 5.91 Å². The summed E-state index contributed by atoms with van der Waals surface area (Å²) in [7, 11) is 0. The Labute approximate surface area is 142 Å². The van der Waals surface area contributed by atoms with Crippen LogP contribution in [0.25, 0.3) is 0 Å². The minimum Gasteiger partial charge on any atom is -0.457 e. The molecular formula is C20H22N2O2. The van der Waals surface area contributed by atoms with E-state index in [0.717, 1.165) is 23.3 Å². The van der Waals surface area contributed by atoms with E-state index >= 15 is 0 Å². The van der Waals surface area contributed by atoms with Crippen LogP contribution in [0.5, 0.6) is 11.5 Å². The molecule has 1 amide bonds. The van der Waals surface area contributed by atoms with Gasteiger partial charge in [0, 0.05) is 30.6 Å². The Hall–Kier alpha value is -2.36. The van der Waals surface area contributed by atoms with Crippen LogP contribution in [0.1, 0.15) is 32.1 Å². The number of rotatable bonds is 7. The number of amides is 1. The maximum Gasteiger partial charge on any atom is 0.224 e. The Kier molecular flexibility index (Phi) is 4.20. The molecule has 2 aromatic rings. The SMILES string of the molecule is O=C(CC(C1CC1)C1CC1)Nc1cccc(Oc2ccncc2)c1. The Balaban J connectivity index is 1.37. The molecule has 0 atom stereocenters. The van der Waals surface area contributed by atoms with E-state index in [2.05, 4.69) is 10.3 Å². The number of hydrogen-bond donors (Lipinski definition) is 1. The number of pyridine rings is 1. The maximum absolute atomic E-state index is 12.4. The molecule has 0 spiro atoms. The highest BCUT2D eigenvalue weighted by molar-refractivity contribution is 5.91. The van der Waals surface area contributed by atoms with Crippen LogP contribution in [0.4, 0.5) is 5.69 Å². The molecule has 4 nitrogen and oxygen atoms in total. The highest BCUT2D eigenvalue weighted by atomic mass is 16.5. The van der Waals surface area contributed by atoms with Gasteiger partial charge in [0.25, 0.3) is 0 Å². The summed E-state index contributed by atoms with van der Waals surface area (Å²) in [5.74, 6) is 3.76. The van der Waals surface area contributed by atoms with Gasteiger partial charge in [0.15, 0.2) is 0 Å². The lowest BCUT2D eigenvalue weighted by molar-refractivity contribution is -0.117. The van der Waals surface area contributed by atoms with E-state index < -0.39 is 0 Å². The number of carbonyl (C=O) groups is 1. The second-order valence-electron chi connectivity index (χ2n) is 6.90. The Morgan fingerprint density at radius 2 is 1.79 bits per heavy atom. The van der Waals surface area contributed by atoms with Crippen molar-refractivity contribution in [3.8, 4) is 11.5 Å². The predicted molar refractivity (Wildman–Crippen MR) is 92.9 cm³/mol. The van der Waals surface area contributed by atoms with E-state index in [0.29, 0.717) is 18.1 Å². The first-order chi connectivity index (χ1) is 11.8. The minimum atomic E-state index is 0.125. The highest BCUT2D eigenvalue weighted by Crippen LogP contribution is 2.50. The average molecular weight is 322 g/mol. The third-order valence-corrected chi connectivity index (χ3v) is 4.88. The molecule has 2 fully saturated rings. The average Bonchev–Trinajstić information content (AvgIpc) is 3.48. The standard InChI is InChI=1S/C20H22N2O2/c23-20(13-19(14-4-5-14)15-6-7-15)22-16-2-1-3-18(12-16)24-17-8-10-21-11-9-17/h1-3,8-12,14-15,19H,4-7,13H2,(H,22,23). The van der Waals surface area contributed by atoms with E-state index in [1.54, 1.807) is 24.5 Å². The van der Waals surface area contributed by atoms with Crippen molar-refractivity contribution in [2.75, 3.05) is 5.32 Å². The molecule has 2 saturated carbocycles. The number of nitrogens with one attached hydrogen (secondary N) is 1. The van der Waals surface area contributed by atoms with Crippen LogP contribution in [0.2, 0.25) is 0 Å². The van der Waals surface area contributed by atoms with Gasteiger partial charge >= 0.3 is 0 Å². The van der Waals surface area contributed by atoms with Crippen molar-refractivity contribution in [3.63, 3.8) is 0 Å². The normalized spacial score (nSPS) is 16.9. The van der Waals surface area contributed by atoms with Crippen molar-refractivity contribution >= 4 is 11.6 Å². The lowest BCUT2D eigenvalue weighted by Crippen LogP contribution is -2.19. The number of anilines is 1. The zero-order chi connectivity index (χ0) is 16.4. The largest absolute Gasteiger partial charge is 0.457 e. The summed E-state index contributed by atoms with van der Waals surface area (Å²) >= 11 is 0. The van der Waals surface area contributed by atoms with Gasteiger partial charge in [-0.15, -0.1) is 0 Å². The van der Waals surface area contributed by atoms with Crippen molar-refractivity contribution in [3.05, 3.63) is 48.8 Å². The second-order valence-corrected chi connectivity index (χ2v) is 6.90. The first kappa shape index (κ1) is 15.2. The summed E-state index contributed by atoms with van der Waals surface area (Å²) in [5.41, 5.74) is 0.789. The third kappa shape index (κ3) is 3.94. The summed E-state index contributed by atoms with van der Waals surface area (Å²) in [4.78, 5) is 16.4. The zero-order valence-electron chi connectivity index (χ0n) is 13.7. The molecule has 0 unspecified atom stereocenters. The van der Waals surface area contributed by atoms with E-state index in [1.807, 2.05) is 24.3 Å². The summed E-state index contributed by atoms with van der Waals surface area (Å²) in [6.45, 7) is 0. The number of hydrogen-bond acceptors (Lipinski definition) is 3. The molecule has 1 heterocycles. The van der Waals surface area contributed by atoms with Crippen LogP contribution in [0.15, 0.2) is 48.8 Å². The van der Waals surface area contributed by atoms with E-state index in [1.165, 1.54) is 25.7 Å². The lowest BCUT2D eigenvalue weighted by atomic mass is 9.94. The Morgan fingerprint density at radius 3 is 2.46 bits per heavy atom. The molecule has 0 aliphatic heterocycles. The molecule has 124 valence electrons. The molecule has 2 aliphatic rings. The van der Waals surface area contributed by atoms with Gasteiger partial charge in [-0.05, 0) is 67.7 Å². The fraction of sp³-hybridized carbons (Fsp3) is 0.400. The van der Waals surface area contributed by atoms with Crippen LogP contribution in [-0.2, 0) is 4.79 Å². The minimum absolute atomic E-state index is 0.125. The predicted octanol–water partition coefficient (Wildman–Crippen LogP) is 4.64. The van der Waals surface area contributed by atoms with Gasteiger partial charge in [-0.1, -0.05) is 6.07 Å². The van der Waals surface area contributed by atoms with E-state index in [4.69, 9.17) is 4.74 Å². The van der Waals surface area contributed by atoms with E-state index in [-0.39, 0.29) is 5.91 Å². The molecule has 0 bridgehead atoms. The molecular weight excluding hydrogens is 300 g/mol. The van der Waals surface area contributed by atoms with E-state index in [9.17, 15) is 4.79 Å². The molecule has 24 heavy (non-hydrogen) atoms. The lowest BCUT2D eigenvalue weighted by Gasteiger charge is -2.15. The third-order valence-electron chi connectivity index (χ3n) is 4.88. The van der Waals surface area contributed by atoms with Gasteiger partial charge in [-0.25, -0.2) is 0 Å². The fourth-order valence-electron chi connectivity index (χ4n) is 3.37. The van der Waals surface area contributed by atoms with Gasteiger partial charge in [-0.3, -0.25) is 9.78 Å². The molecule has 4 rings (SSSR count). The Morgan fingerprint density at radius 1 is 1.08 bits per heavy atom. The van der Waals surface area contributed by atoms with Crippen molar-refractivity contribution in [1.29, 1.82) is 0 Å². The molecule has 0 saturated heterocycles. The zero-order valence-corrected chi connectivity index (χ0v) is 13.7. The smallest absolute Gasteiger partial charge is 0.224 e. The molecule has 1 aromatic carbocycles. The van der Waals surface area contributed by atoms with Crippen LogP contribution < -0.4 is 10.1 Å². The summed E-state index contributed by atoms with van der Waals surface area (Å²) < 4.78 is 5.79. The summed E-state index contributed by atoms with van der Waals surface area (Å²) in [6.07, 6.45) is 9.28. The topological polar surface area (TPSA) is 51.2 Å². The Bertz CT molecular complexity index is 697. The quantitative estimate of drug-likeness (QED) is 0.808. The second kappa shape index (κ2) is 6.63. The van der Waals surface area contributed by atoms with Gasteiger partial charge in [0.1, 0.15) is 11.5 Å². The molecule has 1 aromatic heterocycles. The summed E-state index contributed by atoms with van der Waals surface area (Å²) in [5, 5.41) is 3.03. The highest BCUT2D eigenvalue weighted by Gasteiger charge is 2.42. The summed E-state index contributed by atoms with van der Waals surface area (Å²) in [6, 6.07) is 11.2. The van der Waals surface area contributed by atoms with Crippen molar-refractivity contribution in [1.82, 2.24) is 4.98 Å². The van der Waals surface area contributed by atoms with Gasteiger partial charge in [0.05, 0.1) is 0 Å². The van der Waals surface area contributed by atoms with Gasteiger partial charge in [-0.2, -0.15) is 0 Å². The maximum atomic E-state index is 12.4. The van der Waals surface area contributed by atoms with Crippen molar-refractivity contribution in [2.45, 2.75) is 32.1 Å². The fourth-order valence-corrected chi connectivity index (χ4v) is 3.37. The number of ether oxygens (including phenoxy) is 1. The van der Waals surface area contributed by atoms with Gasteiger partial charge < -0.3 is 10.1 Å². The first-order valence-corrected chi connectivity index (χ1v) is 8.76. The number of benzene rings is 1. The van der Waals surface area contributed by atoms with Crippen molar-refractivity contribution in [2.24, 2.45) is 17.8 Å².